The van der Waals surface area contributed by atoms with Crippen LogP contribution in [0.1, 0.15) is 19.8 Å². The van der Waals surface area contributed by atoms with Crippen LogP contribution in [0.5, 0.6) is 0 Å². The van der Waals surface area contributed by atoms with Gasteiger partial charge in [0, 0.05) is 6.04 Å². The molecule has 0 aromatic carbocycles. The van der Waals surface area contributed by atoms with Crippen LogP contribution < -0.4 is 5.32 Å². The SMILES string of the molecule is C=CC(CC(F)(F)F)NCCC. The zero-order valence-corrected chi connectivity index (χ0v) is 7.12. The van der Waals surface area contributed by atoms with Crippen LogP contribution in [-0.4, -0.2) is 18.8 Å². The highest BCUT2D eigenvalue weighted by atomic mass is 19.4. The summed E-state index contributed by atoms with van der Waals surface area (Å²) in [6.45, 7) is 5.83. The lowest BCUT2D eigenvalue weighted by Crippen LogP contribution is -2.32. The topological polar surface area (TPSA) is 12.0 Å². The summed E-state index contributed by atoms with van der Waals surface area (Å²) in [7, 11) is 0. The molecule has 0 saturated heterocycles. The fraction of sp³-hybridized carbons (Fsp3) is 0.750. The van der Waals surface area contributed by atoms with Gasteiger partial charge in [0.2, 0.25) is 0 Å². The molecule has 0 bridgehead atoms. The Labute approximate surface area is 70.7 Å². The summed E-state index contributed by atoms with van der Waals surface area (Å²) < 4.78 is 35.5. The lowest BCUT2D eigenvalue weighted by atomic mass is 10.2. The minimum Gasteiger partial charge on any atom is -0.310 e. The Morgan fingerprint density at radius 2 is 2.08 bits per heavy atom. The molecule has 0 aliphatic rings. The lowest BCUT2D eigenvalue weighted by Gasteiger charge is -2.15. The van der Waals surface area contributed by atoms with E-state index < -0.39 is 18.6 Å². The van der Waals surface area contributed by atoms with Gasteiger partial charge >= 0.3 is 6.18 Å². The highest BCUT2D eigenvalue weighted by molar-refractivity contribution is 4.87. The molecule has 0 aliphatic carbocycles. The third-order valence-electron chi connectivity index (χ3n) is 1.39. The Bertz CT molecular complexity index is 131. The first-order valence-corrected chi connectivity index (χ1v) is 3.92. The molecule has 0 aliphatic heterocycles. The number of alkyl halides is 3. The van der Waals surface area contributed by atoms with E-state index in [2.05, 4.69) is 11.9 Å². The summed E-state index contributed by atoms with van der Waals surface area (Å²) in [5.41, 5.74) is 0. The normalized spacial score (nSPS) is 14.3. The van der Waals surface area contributed by atoms with Gasteiger partial charge in [0.25, 0.3) is 0 Å². The molecule has 4 heteroatoms. The summed E-state index contributed by atoms with van der Waals surface area (Å²) in [4.78, 5) is 0. The van der Waals surface area contributed by atoms with Gasteiger partial charge in [0.1, 0.15) is 0 Å². The van der Waals surface area contributed by atoms with Gasteiger partial charge in [-0.15, -0.1) is 6.58 Å². The maximum absolute atomic E-state index is 11.8. The van der Waals surface area contributed by atoms with E-state index in [-0.39, 0.29) is 0 Å². The zero-order valence-electron chi connectivity index (χ0n) is 7.12. The maximum atomic E-state index is 11.8. The van der Waals surface area contributed by atoms with E-state index in [1.807, 2.05) is 6.92 Å². The van der Waals surface area contributed by atoms with Gasteiger partial charge in [0.15, 0.2) is 0 Å². The van der Waals surface area contributed by atoms with Crippen molar-refractivity contribution in [2.75, 3.05) is 6.54 Å². The Balaban J connectivity index is 3.75. The molecular formula is C8H14F3N. The molecule has 1 atom stereocenters. The average molecular weight is 181 g/mol. The van der Waals surface area contributed by atoms with E-state index in [9.17, 15) is 13.2 Å². The third-order valence-corrected chi connectivity index (χ3v) is 1.39. The van der Waals surface area contributed by atoms with Crippen molar-refractivity contribution in [3.8, 4) is 0 Å². The molecule has 0 rings (SSSR count). The van der Waals surface area contributed by atoms with E-state index in [1.165, 1.54) is 6.08 Å². The molecule has 0 radical (unpaired) electrons. The van der Waals surface area contributed by atoms with Crippen molar-refractivity contribution < 1.29 is 13.2 Å². The minimum absolute atomic E-state index is 0.590. The molecule has 0 fully saturated rings. The first-order chi connectivity index (χ1) is 5.49. The first-order valence-electron chi connectivity index (χ1n) is 3.92. The minimum atomic E-state index is -4.11. The summed E-state index contributed by atoms with van der Waals surface area (Å²) in [5, 5.41) is 2.74. The molecule has 0 spiro atoms. The summed E-state index contributed by atoms with van der Waals surface area (Å²) >= 11 is 0. The van der Waals surface area contributed by atoms with Crippen molar-refractivity contribution >= 4 is 0 Å². The van der Waals surface area contributed by atoms with Crippen LogP contribution >= 0.6 is 0 Å². The Morgan fingerprint density at radius 3 is 2.42 bits per heavy atom. The van der Waals surface area contributed by atoms with Crippen molar-refractivity contribution in [1.29, 1.82) is 0 Å². The van der Waals surface area contributed by atoms with Crippen molar-refractivity contribution in [3.05, 3.63) is 12.7 Å². The predicted molar refractivity (Wildman–Crippen MR) is 43.0 cm³/mol. The second-order valence-corrected chi connectivity index (χ2v) is 2.62. The van der Waals surface area contributed by atoms with Crippen molar-refractivity contribution in [2.45, 2.75) is 32.0 Å². The lowest BCUT2D eigenvalue weighted by molar-refractivity contribution is -0.137. The Kier molecular flexibility index (Phi) is 4.97. The molecule has 1 unspecified atom stereocenters. The number of halogens is 3. The maximum Gasteiger partial charge on any atom is 0.390 e. The first kappa shape index (κ1) is 11.5. The Hall–Kier alpha value is -0.510. The van der Waals surface area contributed by atoms with Crippen LogP contribution in [0.25, 0.3) is 0 Å². The van der Waals surface area contributed by atoms with E-state index in [4.69, 9.17) is 0 Å². The molecule has 0 heterocycles. The summed E-state index contributed by atoms with van der Waals surface area (Å²) in [6.07, 6.45) is -2.83. The molecule has 1 nitrogen and oxygen atoms in total. The highest BCUT2D eigenvalue weighted by Crippen LogP contribution is 2.21. The zero-order chi connectivity index (χ0) is 9.61. The van der Waals surface area contributed by atoms with Gasteiger partial charge in [-0.05, 0) is 13.0 Å². The van der Waals surface area contributed by atoms with E-state index >= 15 is 0 Å². The summed E-state index contributed by atoms with van der Waals surface area (Å²) in [6, 6.07) is -0.648. The van der Waals surface area contributed by atoms with Crippen LogP contribution in [0.2, 0.25) is 0 Å². The predicted octanol–water partition coefficient (Wildman–Crippen LogP) is 2.49. The fourth-order valence-electron chi connectivity index (χ4n) is 0.818. The molecule has 1 N–H and O–H groups in total. The smallest absolute Gasteiger partial charge is 0.310 e. The molecule has 72 valence electrons. The average Bonchev–Trinajstić information content (AvgIpc) is 1.95. The van der Waals surface area contributed by atoms with Crippen LogP contribution in [0.4, 0.5) is 13.2 Å². The summed E-state index contributed by atoms with van der Waals surface area (Å²) in [5.74, 6) is 0. The molecule has 12 heavy (non-hydrogen) atoms. The van der Waals surface area contributed by atoms with Crippen molar-refractivity contribution in [2.24, 2.45) is 0 Å². The molecule has 0 amide bonds. The van der Waals surface area contributed by atoms with Gasteiger partial charge in [-0.1, -0.05) is 13.0 Å². The number of rotatable bonds is 5. The van der Waals surface area contributed by atoms with E-state index in [0.717, 1.165) is 6.42 Å². The number of nitrogens with one attached hydrogen (secondary N) is 1. The van der Waals surface area contributed by atoms with E-state index in [0.29, 0.717) is 6.54 Å². The van der Waals surface area contributed by atoms with Gasteiger partial charge < -0.3 is 5.32 Å². The van der Waals surface area contributed by atoms with Crippen molar-refractivity contribution in [1.82, 2.24) is 5.32 Å². The molecule has 0 saturated carbocycles. The van der Waals surface area contributed by atoms with Crippen LogP contribution in [0, 0.1) is 0 Å². The van der Waals surface area contributed by atoms with Gasteiger partial charge in [-0.3, -0.25) is 0 Å². The molecule has 0 aromatic rings. The second kappa shape index (κ2) is 5.19. The largest absolute Gasteiger partial charge is 0.390 e. The van der Waals surface area contributed by atoms with E-state index in [1.54, 1.807) is 0 Å². The van der Waals surface area contributed by atoms with Crippen LogP contribution in [0.15, 0.2) is 12.7 Å². The quantitative estimate of drug-likeness (QED) is 0.642. The molecule has 0 aromatic heterocycles. The monoisotopic (exact) mass is 181 g/mol. The second-order valence-electron chi connectivity index (χ2n) is 2.62. The number of hydrogen-bond acceptors (Lipinski definition) is 1. The third kappa shape index (κ3) is 6.22. The van der Waals surface area contributed by atoms with Crippen molar-refractivity contribution in [3.63, 3.8) is 0 Å². The highest BCUT2D eigenvalue weighted by Gasteiger charge is 2.30. The van der Waals surface area contributed by atoms with Gasteiger partial charge in [-0.25, -0.2) is 0 Å². The molecular weight excluding hydrogens is 167 g/mol. The van der Waals surface area contributed by atoms with Gasteiger partial charge in [-0.2, -0.15) is 13.2 Å². The van der Waals surface area contributed by atoms with Crippen LogP contribution in [-0.2, 0) is 0 Å². The number of hydrogen-bond donors (Lipinski definition) is 1. The fourth-order valence-corrected chi connectivity index (χ4v) is 0.818. The Morgan fingerprint density at radius 1 is 1.50 bits per heavy atom. The van der Waals surface area contributed by atoms with Crippen LogP contribution in [0.3, 0.4) is 0 Å². The standard InChI is InChI=1S/C8H14F3N/c1-3-5-12-7(4-2)6-8(9,10)11/h4,7,12H,2-3,5-6H2,1H3. The van der Waals surface area contributed by atoms with Gasteiger partial charge in [0.05, 0.1) is 6.42 Å².